The second-order valence-corrected chi connectivity index (χ2v) is 7.99. The van der Waals surface area contributed by atoms with Gasteiger partial charge in [-0.1, -0.05) is 18.2 Å². The first-order valence-corrected chi connectivity index (χ1v) is 10.8. The molecule has 0 spiro atoms. The van der Waals surface area contributed by atoms with E-state index in [4.69, 9.17) is 4.42 Å². The van der Waals surface area contributed by atoms with Crippen molar-refractivity contribution >= 4 is 17.0 Å². The summed E-state index contributed by atoms with van der Waals surface area (Å²) in [6.45, 7) is 3.79. The Morgan fingerprint density at radius 1 is 1.03 bits per heavy atom. The minimum Gasteiger partial charge on any atom is -0.407 e. The zero-order chi connectivity index (χ0) is 23.7. The van der Waals surface area contributed by atoms with Gasteiger partial charge in [-0.25, -0.2) is 9.36 Å². The largest absolute Gasteiger partial charge is 0.424 e. The molecule has 1 unspecified atom stereocenters. The monoisotopic (exact) mass is 451 g/mol. The topological polar surface area (TPSA) is 103 Å². The third-order valence-corrected chi connectivity index (χ3v) is 5.51. The molecule has 34 heavy (non-hydrogen) atoms. The van der Waals surface area contributed by atoms with Crippen molar-refractivity contribution in [3.8, 4) is 16.9 Å². The number of oxazole rings is 1. The van der Waals surface area contributed by atoms with Crippen LogP contribution < -0.4 is 11.1 Å². The smallest absolute Gasteiger partial charge is 0.407 e. The number of hydrogen-bond donors (Lipinski definition) is 1. The molecule has 0 radical (unpaired) electrons. The maximum atomic E-state index is 13.2. The van der Waals surface area contributed by atoms with Gasteiger partial charge in [-0.3, -0.25) is 19.7 Å². The molecule has 0 bridgehead atoms. The van der Waals surface area contributed by atoms with Gasteiger partial charge in [0.2, 0.25) is 0 Å². The minimum absolute atomic E-state index is 0.311. The average Bonchev–Trinajstić information content (AvgIpc) is 3.20. The quantitative estimate of drug-likeness (QED) is 0.429. The van der Waals surface area contributed by atoms with Crippen LogP contribution in [0.15, 0.2) is 88.6 Å². The van der Waals surface area contributed by atoms with E-state index in [1.807, 2.05) is 38.1 Å². The Balaban J connectivity index is 1.62. The molecule has 1 atom stereocenters. The number of carbonyl (C=O) groups is 1. The Hall–Kier alpha value is -4.59. The van der Waals surface area contributed by atoms with E-state index < -0.39 is 5.76 Å². The van der Waals surface area contributed by atoms with Gasteiger partial charge in [0, 0.05) is 29.7 Å². The van der Waals surface area contributed by atoms with Gasteiger partial charge in [0.25, 0.3) is 5.91 Å². The van der Waals surface area contributed by atoms with E-state index in [9.17, 15) is 9.59 Å². The molecule has 5 rings (SSSR count). The molecule has 0 aliphatic rings. The van der Waals surface area contributed by atoms with Crippen LogP contribution in [-0.2, 0) is 0 Å². The van der Waals surface area contributed by atoms with E-state index in [0.717, 1.165) is 5.56 Å². The molecule has 3 heterocycles. The summed E-state index contributed by atoms with van der Waals surface area (Å²) in [7, 11) is 0. The van der Waals surface area contributed by atoms with E-state index >= 15 is 0 Å². The first-order valence-electron chi connectivity index (χ1n) is 10.8. The molecule has 0 aliphatic heterocycles. The van der Waals surface area contributed by atoms with Crippen molar-refractivity contribution in [2.45, 2.75) is 19.9 Å². The van der Waals surface area contributed by atoms with Crippen LogP contribution in [0.4, 0.5) is 0 Å². The Labute approximate surface area is 194 Å². The Morgan fingerprint density at radius 3 is 2.65 bits per heavy atom. The second kappa shape index (κ2) is 8.74. The molecule has 8 nitrogen and oxygen atoms in total. The van der Waals surface area contributed by atoms with Crippen LogP contribution >= 0.6 is 0 Å². The predicted molar refractivity (Wildman–Crippen MR) is 128 cm³/mol. The molecule has 2 aromatic carbocycles. The summed E-state index contributed by atoms with van der Waals surface area (Å²) in [5.41, 5.74) is 5.01. The van der Waals surface area contributed by atoms with Crippen molar-refractivity contribution in [1.29, 1.82) is 0 Å². The minimum atomic E-state index is -0.533. The van der Waals surface area contributed by atoms with Gasteiger partial charge in [0.15, 0.2) is 5.58 Å². The van der Waals surface area contributed by atoms with Crippen molar-refractivity contribution in [3.63, 3.8) is 0 Å². The highest BCUT2D eigenvalue weighted by Gasteiger charge is 2.18. The van der Waals surface area contributed by atoms with Gasteiger partial charge in [0.1, 0.15) is 0 Å². The standard InChI is InChI=1S/C26H21N5O3/c1-16-7-8-21(29-14-16)18-11-19(25(32)30-17(2)22-15-27-9-10-28-22)13-20(12-18)31-23-5-3-4-6-24(23)34-26(31)33/h3-15,17H,1-2H3,(H,30,32). The number of benzene rings is 2. The summed E-state index contributed by atoms with van der Waals surface area (Å²) >= 11 is 0. The molecule has 0 saturated heterocycles. The maximum absolute atomic E-state index is 13.2. The summed E-state index contributed by atoms with van der Waals surface area (Å²) in [5, 5.41) is 2.95. The second-order valence-electron chi connectivity index (χ2n) is 7.99. The summed E-state index contributed by atoms with van der Waals surface area (Å²) in [6, 6.07) is 15.9. The number of nitrogens with zero attached hydrogens (tertiary/aromatic N) is 4. The molecule has 168 valence electrons. The van der Waals surface area contributed by atoms with Crippen molar-refractivity contribution in [2.24, 2.45) is 0 Å². The molecule has 0 fully saturated rings. The van der Waals surface area contributed by atoms with Gasteiger partial charge in [-0.05, 0) is 55.8 Å². The van der Waals surface area contributed by atoms with E-state index in [0.29, 0.717) is 39.3 Å². The van der Waals surface area contributed by atoms with E-state index in [2.05, 4.69) is 20.3 Å². The van der Waals surface area contributed by atoms with Crippen LogP contribution in [0.2, 0.25) is 0 Å². The van der Waals surface area contributed by atoms with E-state index in [1.165, 1.54) is 4.57 Å². The van der Waals surface area contributed by atoms with Crippen LogP contribution in [0.3, 0.4) is 0 Å². The maximum Gasteiger partial charge on any atom is 0.424 e. The number of nitrogens with one attached hydrogen (secondary N) is 1. The molecule has 8 heteroatoms. The molecule has 1 amide bonds. The zero-order valence-electron chi connectivity index (χ0n) is 18.6. The number of fused-ring (bicyclic) bond motifs is 1. The van der Waals surface area contributed by atoms with Gasteiger partial charge in [0.05, 0.1) is 34.8 Å². The number of carbonyl (C=O) groups excluding carboxylic acids is 1. The van der Waals surface area contributed by atoms with Crippen LogP contribution in [0, 0.1) is 6.92 Å². The average molecular weight is 451 g/mol. The SMILES string of the molecule is Cc1ccc(-c2cc(C(=O)NC(C)c3cnccn3)cc(-n3c(=O)oc4ccccc43)c2)nc1. The summed E-state index contributed by atoms with van der Waals surface area (Å²) in [6.07, 6.45) is 6.53. The molecule has 5 aromatic rings. The van der Waals surface area contributed by atoms with Crippen molar-refractivity contribution in [3.05, 3.63) is 107 Å². The zero-order valence-corrected chi connectivity index (χ0v) is 18.6. The van der Waals surface area contributed by atoms with Gasteiger partial charge in [-0.2, -0.15) is 0 Å². The lowest BCUT2D eigenvalue weighted by molar-refractivity contribution is 0.0939. The third-order valence-electron chi connectivity index (χ3n) is 5.51. The normalized spacial score (nSPS) is 11.9. The lowest BCUT2D eigenvalue weighted by atomic mass is 10.0. The first-order chi connectivity index (χ1) is 16.5. The van der Waals surface area contributed by atoms with Crippen molar-refractivity contribution < 1.29 is 9.21 Å². The van der Waals surface area contributed by atoms with Crippen molar-refractivity contribution in [2.75, 3.05) is 0 Å². The summed E-state index contributed by atoms with van der Waals surface area (Å²) < 4.78 is 6.87. The number of aromatic nitrogens is 4. The Morgan fingerprint density at radius 2 is 1.88 bits per heavy atom. The van der Waals surface area contributed by atoms with Crippen molar-refractivity contribution in [1.82, 2.24) is 24.8 Å². The lowest BCUT2D eigenvalue weighted by Gasteiger charge is -2.15. The van der Waals surface area contributed by atoms with Crippen LogP contribution in [0.25, 0.3) is 28.0 Å². The summed E-state index contributed by atoms with van der Waals surface area (Å²) in [4.78, 5) is 38.8. The molecule has 3 aromatic heterocycles. The van der Waals surface area contributed by atoms with Crippen LogP contribution in [0.1, 0.15) is 34.6 Å². The van der Waals surface area contributed by atoms with E-state index in [1.54, 1.807) is 55.1 Å². The third kappa shape index (κ3) is 4.09. The fraction of sp³-hybridized carbons (Fsp3) is 0.115. The molecular weight excluding hydrogens is 430 g/mol. The Kier molecular flexibility index (Phi) is 5.47. The van der Waals surface area contributed by atoms with Crippen LogP contribution in [-0.4, -0.2) is 25.4 Å². The number of para-hydroxylation sites is 2. The summed E-state index contributed by atoms with van der Waals surface area (Å²) in [5.74, 6) is -0.844. The fourth-order valence-corrected chi connectivity index (χ4v) is 3.76. The molecule has 0 aliphatic carbocycles. The van der Waals surface area contributed by atoms with Crippen LogP contribution in [0.5, 0.6) is 0 Å². The predicted octanol–water partition coefficient (Wildman–Crippen LogP) is 4.24. The first kappa shape index (κ1) is 21.3. The number of rotatable bonds is 5. The number of aryl methyl sites for hydroxylation is 1. The molecule has 1 N–H and O–H groups in total. The van der Waals surface area contributed by atoms with Gasteiger partial charge >= 0.3 is 5.76 Å². The Bertz CT molecular complexity index is 1540. The highest BCUT2D eigenvalue weighted by atomic mass is 16.4. The van der Waals surface area contributed by atoms with Gasteiger partial charge < -0.3 is 9.73 Å². The fourth-order valence-electron chi connectivity index (χ4n) is 3.76. The number of amides is 1. The highest BCUT2D eigenvalue weighted by molar-refractivity contribution is 5.96. The number of hydrogen-bond acceptors (Lipinski definition) is 6. The van der Waals surface area contributed by atoms with E-state index in [-0.39, 0.29) is 11.9 Å². The molecular formula is C26H21N5O3. The number of pyridine rings is 1. The van der Waals surface area contributed by atoms with Gasteiger partial charge in [-0.15, -0.1) is 0 Å². The highest BCUT2D eigenvalue weighted by Crippen LogP contribution is 2.25. The lowest BCUT2D eigenvalue weighted by Crippen LogP contribution is -2.27. The molecule has 0 saturated carbocycles.